The van der Waals surface area contributed by atoms with Gasteiger partial charge in [0.15, 0.2) is 6.23 Å². The summed E-state index contributed by atoms with van der Waals surface area (Å²) in [5.41, 5.74) is 2.50. The van der Waals surface area contributed by atoms with Crippen molar-refractivity contribution >= 4 is 39.2 Å². The molecule has 2 N–H and O–H groups in total. The standard InChI is InChI=1S/C27H38N6O4S/c1-17-8-6-10-19-21(17)38-24(29-19)20-22(30-25(31-23(20)35-5)32-12-14-36-15-13-32)28-18-9-7-11-33(16-18)26(34)37-27(2,3)4/h6,8,10,18,23,28H,7,9,11-16H2,1-5H3,(H,30,31)/t18-,23?/m1/s1. The van der Waals surface area contributed by atoms with Crippen LogP contribution in [0.5, 0.6) is 0 Å². The van der Waals surface area contributed by atoms with E-state index in [1.807, 2.05) is 32.9 Å². The highest BCUT2D eigenvalue weighted by Crippen LogP contribution is 2.34. The molecule has 1 aromatic carbocycles. The summed E-state index contributed by atoms with van der Waals surface area (Å²) in [5, 5.41) is 8.14. The number of amides is 1. The Bertz CT molecular complexity index is 1230. The van der Waals surface area contributed by atoms with Crippen LogP contribution in [0.4, 0.5) is 4.79 Å². The van der Waals surface area contributed by atoms with Gasteiger partial charge in [0.2, 0.25) is 5.96 Å². The van der Waals surface area contributed by atoms with Crippen molar-refractivity contribution in [3.8, 4) is 0 Å². The maximum absolute atomic E-state index is 12.8. The lowest BCUT2D eigenvalue weighted by molar-refractivity contribution is 0.0190. The van der Waals surface area contributed by atoms with Gasteiger partial charge in [-0.25, -0.2) is 14.8 Å². The number of nitrogens with zero attached hydrogens (tertiary/aromatic N) is 4. The Morgan fingerprint density at radius 3 is 2.74 bits per heavy atom. The van der Waals surface area contributed by atoms with Crippen molar-refractivity contribution in [2.45, 2.75) is 58.4 Å². The zero-order chi connectivity index (χ0) is 26.9. The fraction of sp³-hybridized carbons (Fsp3) is 0.593. The normalized spacial score (nSPS) is 22.8. The lowest BCUT2D eigenvalue weighted by Gasteiger charge is -2.38. The van der Waals surface area contributed by atoms with Crippen LogP contribution < -0.4 is 10.6 Å². The van der Waals surface area contributed by atoms with E-state index in [1.165, 1.54) is 5.56 Å². The third kappa shape index (κ3) is 5.89. The largest absolute Gasteiger partial charge is 0.444 e. The zero-order valence-electron chi connectivity index (χ0n) is 22.9. The summed E-state index contributed by atoms with van der Waals surface area (Å²) >= 11 is 1.65. The van der Waals surface area contributed by atoms with Crippen molar-refractivity contribution in [3.05, 3.63) is 34.6 Å². The average molecular weight is 543 g/mol. The van der Waals surface area contributed by atoms with Gasteiger partial charge in [-0.1, -0.05) is 12.1 Å². The molecule has 0 radical (unpaired) electrons. The molecule has 0 spiro atoms. The summed E-state index contributed by atoms with van der Waals surface area (Å²) in [6, 6.07) is 6.21. The van der Waals surface area contributed by atoms with Gasteiger partial charge in [0, 0.05) is 39.3 Å². The highest BCUT2D eigenvalue weighted by Gasteiger charge is 2.34. The van der Waals surface area contributed by atoms with Crippen molar-refractivity contribution in [3.63, 3.8) is 0 Å². The number of aliphatic imine (C=N–C) groups is 1. The third-order valence-electron chi connectivity index (χ3n) is 6.79. The van der Waals surface area contributed by atoms with Crippen molar-refractivity contribution in [2.24, 2.45) is 4.99 Å². The lowest BCUT2D eigenvalue weighted by Crippen LogP contribution is -2.55. The number of likely N-dealkylation sites (tertiary alicyclic amines) is 1. The number of guanidine groups is 1. The number of hydrogen-bond acceptors (Lipinski definition) is 10. The van der Waals surface area contributed by atoms with Gasteiger partial charge >= 0.3 is 6.09 Å². The minimum atomic E-state index is -0.529. The Hall–Kier alpha value is -2.89. The molecule has 0 saturated carbocycles. The molecule has 2 fully saturated rings. The molecule has 2 atom stereocenters. The molecule has 1 aromatic heterocycles. The van der Waals surface area contributed by atoms with Crippen LogP contribution in [0.1, 0.15) is 44.2 Å². The summed E-state index contributed by atoms with van der Waals surface area (Å²) < 4.78 is 18.3. The lowest BCUT2D eigenvalue weighted by atomic mass is 10.1. The predicted octanol–water partition coefficient (Wildman–Crippen LogP) is 3.53. The van der Waals surface area contributed by atoms with Gasteiger partial charge in [-0.2, -0.15) is 0 Å². The zero-order valence-corrected chi connectivity index (χ0v) is 23.7. The topological polar surface area (TPSA) is 101 Å². The van der Waals surface area contributed by atoms with Crippen LogP contribution >= 0.6 is 11.3 Å². The maximum atomic E-state index is 12.8. The smallest absolute Gasteiger partial charge is 0.410 e. The minimum absolute atomic E-state index is 0.0337. The number of hydrogen-bond donors (Lipinski definition) is 2. The molecule has 0 bridgehead atoms. The molecule has 11 heteroatoms. The molecular weight excluding hydrogens is 504 g/mol. The number of nitrogens with one attached hydrogen (secondary N) is 2. The van der Waals surface area contributed by atoms with Crippen LogP contribution in [0.3, 0.4) is 0 Å². The molecule has 206 valence electrons. The first-order valence-electron chi connectivity index (χ1n) is 13.3. The molecular formula is C27H38N6O4S. The summed E-state index contributed by atoms with van der Waals surface area (Å²) in [4.78, 5) is 26.7. The molecule has 3 aliphatic rings. The Kier molecular flexibility index (Phi) is 7.78. The quantitative estimate of drug-likeness (QED) is 0.605. The molecule has 3 aliphatic heterocycles. The second-order valence-electron chi connectivity index (χ2n) is 10.9. The number of carbonyl (C=O) groups excluding carboxylic acids is 1. The van der Waals surface area contributed by atoms with E-state index in [0.717, 1.165) is 58.5 Å². The number of carbonyl (C=O) groups is 1. The Balaban J connectivity index is 1.46. The van der Waals surface area contributed by atoms with Crippen LogP contribution in [0.2, 0.25) is 0 Å². The molecule has 0 aliphatic carbocycles. The minimum Gasteiger partial charge on any atom is -0.444 e. The first kappa shape index (κ1) is 26.7. The van der Waals surface area contributed by atoms with Gasteiger partial charge in [0.1, 0.15) is 16.4 Å². The number of thiazole rings is 1. The Morgan fingerprint density at radius 1 is 1.24 bits per heavy atom. The number of piperidine rings is 1. The van der Waals surface area contributed by atoms with Gasteiger partial charge in [-0.15, -0.1) is 11.3 Å². The van der Waals surface area contributed by atoms with E-state index >= 15 is 0 Å². The fourth-order valence-corrected chi connectivity index (χ4v) is 6.03. The van der Waals surface area contributed by atoms with Gasteiger partial charge in [-0.3, -0.25) is 0 Å². The van der Waals surface area contributed by atoms with Crippen molar-refractivity contribution in [2.75, 3.05) is 46.5 Å². The molecule has 38 heavy (non-hydrogen) atoms. The number of aryl methyl sites for hydroxylation is 1. The summed E-state index contributed by atoms with van der Waals surface area (Å²) in [6.07, 6.45) is 1.01. The van der Waals surface area contributed by atoms with Gasteiger partial charge in [0.05, 0.1) is 29.0 Å². The second-order valence-corrected chi connectivity index (χ2v) is 11.9. The third-order valence-corrected chi connectivity index (χ3v) is 8.03. The Morgan fingerprint density at radius 2 is 2.03 bits per heavy atom. The van der Waals surface area contributed by atoms with Gasteiger partial charge < -0.3 is 34.6 Å². The molecule has 1 unspecified atom stereocenters. The molecule has 2 aromatic rings. The summed E-state index contributed by atoms with van der Waals surface area (Å²) in [6.45, 7) is 11.8. The molecule has 2 saturated heterocycles. The SMILES string of the molecule is COC1N=C(N2CCOCC2)NC(N[C@@H]2CCCN(C(=O)OC(C)(C)C)C2)=C1c1nc2cccc(C)c2s1. The number of rotatable bonds is 4. The van der Waals surface area contributed by atoms with E-state index < -0.39 is 11.8 Å². The Labute approximate surface area is 228 Å². The first-order chi connectivity index (χ1) is 18.2. The van der Waals surface area contributed by atoms with Gasteiger partial charge in [-0.05, 0) is 52.2 Å². The summed E-state index contributed by atoms with van der Waals surface area (Å²) in [5.74, 6) is 1.57. The maximum Gasteiger partial charge on any atom is 0.410 e. The predicted molar refractivity (Wildman–Crippen MR) is 149 cm³/mol. The molecule has 10 nitrogen and oxygen atoms in total. The fourth-order valence-electron chi connectivity index (χ4n) is 4.94. The van der Waals surface area contributed by atoms with E-state index in [4.69, 9.17) is 24.2 Å². The molecule has 1 amide bonds. The van der Waals surface area contributed by atoms with E-state index in [1.54, 1.807) is 23.3 Å². The van der Waals surface area contributed by atoms with E-state index in [2.05, 4.69) is 28.5 Å². The number of fused-ring (bicyclic) bond motifs is 1. The van der Waals surface area contributed by atoms with Crippen molar-refractivity contribution in [1.82, 2.24) is 25.4 Å². The van der Waals surface area contributed by atoms with E-state index in [-0.39, 0.29) is 12.1 Å². The molecule has 5 rings (SSSR count). The van der Waals surface area contributed by atoms with Gasteiger partial charge in [0.25, 0.3) is 0 Å². The number of morpholine rings is 1. The van der Waals surface area contributed by atoms with Crippen molar-refractivity contribution in [1.29, 1.82) is 0 Å². The number of ether oxygens (including phenoxy) is 3. The van der Waals surface area contributed by atoms with Crippen LogP contribution in [0.15, 0.2) is 29.0 Å². The van der Waals surface area contributed by atoms with Crippen LogP contribution in [-0.2, 0) is 14.2 Å². The monoisotopic (exact) mass is 542 g/mol. The van der Waals surface area contributed by atoms with Crippen LogP contribution in [0.25, 0.3) is 15.8 Å². The number of methoxy groups -OCH3 is 1. The van der Waals surface area contributed by atoms with Crippen LogP contribution in [0, 0.1) is 6.92 Å². The van der Waals surface area contributed by atoms with Crippen LogP contribution in [-0.4, -0.2) is 91.2 Å². The van der Waals surface area contributed by atoms with E-state index in [9.17, 15) is 4.79 Å². The highest BCUT2D eigenvalue weighted by atomic mass is 32.1. The number of benzene rings is 1. The summed E-state index contributed by atoms with van der Waals surface area (Å²) in [7, 11) is 1.68. The van der Waals surface area contributed by atoms with E-state index in [0.29, 0.717) is 26.3 Å². The highest BCUT2D eigenvalue weighted by molar-refractivity contribution is 7.19. The average Bonchev–Trinajstić information content (AvgIpc) is 3.33. The number of aromatic nitrogens is 1. The van der Waals surface area contributed by atoms with Crippen molar-refractivity contribution < 1.29 is 19.0 Å². The first-order valence-corrected chi connectivity index (χ1v) is 14.1. The molecule has 4 heterocycles. The second kappa shape index (κ2) is 11.1.